The number of piperazine rings is 1. The number of rotatable bonds is 3. The highest BCUT2D eigenvalue weighted by Gasteiger charge is 2.30. The molecule has 22 heavy (non-hydrogen) atoms. The zero-order valence-electron chi connectivity index (χ0n) is 12.4. The van der Waals surface area contributed by atoms with Gasteiger partial charge in [-0.15, -0.1) is 0 Å². The van der Waals surface area contributed by atoms with E-state index in [1.165, 1.54) is 18.2 Å². The van der Waals surface area contributed by atoms with Gasteiger partial charge in [0.05, 0.1) is 5.56 Å². The molecule has 0 spiro atoms. The first-order chi connectivity index (χ1) is 10.4. The molecule has 0 aliphatic carbocycles. The van der Waals surface area contributed by atoms with Crippen molar-refractivity contribution in [3.8, 4) is 0 Å². The van der Waals surface area contributed by atoms with Crippen molar-refractivity contribution >= 4 is 12.0 Å². The minimum Gasteiger partial charge on any atom is -0.337 e. The van der Waals surface area contributed by atoms with E-state index in [-0.39, 0.29) is 5.91 Å². The maximum atomic E-state index is 12.6. The third-order valence-corrected chi connectivity index (χ3v) is 3.76. The first-order valence-electron chi connectivity index (χ1n) is 7.26. The molecule has 1 amide bonds. The van der Waals surface area contributed by atoms with E-state index < -0.39 is 11.7 Å². The van der Waals surface area contributed by atoms with Crippen molar-refractivity contribution in [1.82, 2.24) is 9.80 Å². The zero-order chi connectivity index (χ0) is 16.2. The fraction of sp³-hybridized carbons (Fsp3) is 0.438. The van der Waals surface area contributed by atoms with E-state index in [0.29, 0.717) is 18.7 Å². The normalized spacial score (nSPS) is 17.2. The average molecular weight is 312 g/mol. The van der Waals surface area contributed by atoms with Crippen LogP contribution in [0.4, 0.5) is 13.2 Å². The third kappa shape index (κ3) is 4.34. The lowest BCUT2D eigenvalue weighted by Crippen LogP contribution is -2.48. The Labute approximate surface area is 128 Å². The van der Waals surface area contributed by atoms with E-state index in [4.69, 9.17) is 0 Å². The van der Waals surface area contributed by atoms with Crippen molar-refractivity contribution in [2.24, 2.45) is 0 Å². The van der Waals surface area contributed by atoms with Crippen molar-refractivity contribution in [3.05, 3.63) is 41.5 Å². The predicted octanol–water partition coefficient (Wildman–Crippen LogP) is 2.88. The molecule has 0 unspecified atom stereocenters. The van der Waals surface area contributed by atoms with Crippen molar-refractivity contribution < 1.29 is 18.0 Å². The number of carbonyl (C=O) groups is 1. The van der Waals surface area contributed by atoms with Gasteiger partial charge in [0.2, 0.25) is 5.91 Å². The summed E-state index contributed by atoms with van der Waals surface area (Å²) in [4.78, 5) is 16.0. The molecule has 3 nitrogen and oxygen atoms in total. The molecule has 2 rings (SSSR count). The van der Waals surface area contributed by atoms with Gasteiger partial charge in [-0.1, -0.05) is 19.1 Å². The molecule has 0 bridgehead atoms. The van der Waals surface area contributed by atoms with E-state index in [1.807, 2.05) is 0 Å². The number of hydrogen-bond donors (Lipinski definition) is 0. The molecule has 6 heteroatoms. The van der Waals surface area contributed by atoms with Gasteiger partial charge in [0, 0.05) is 32.3 Å². The molecular weight excluding hydrogens is 293 g/mol. The second-order valence-corrected chi connectivity index (χ2v) is 5.22. The van der Waals surface area contributed by atoms with Crippen molar-refractivity contribution in [2.75, 3.05) is 32.7 Å². The smallest absolute Gasteiger partial charge is 0.337 e. The maximum Gasteiger partial charge on any atom is 0.416 e. The third-order valence-electron chi connectivity index (χ3n) is 3.76. The Morgan fingerprint density at radius 3 is 2.50 bits per heavy atom. The SMILES string of the molecule is CCN1CCN(C(=O)/C=C/c2cccc(C(F)(F)F)c2)CC1. The van der Waals surface area contributed by atoms with Gasteiger partial charge < -0.3 is 9.80 Å². The van der Waals surface area contributed by atoms with Crippen LogP contribution in [0.15, 0.2) is 30.3 Å². The van der Waals surface area contributed by atoms with Crippen LogP contribution in [0.25, 0.3) is 6.08 Å². The monoisotopic (exact) mass is 312 g/mol. The lowest BCUT2D eigenvalue weighted by Gasteiger charge is -2.33. The number of benzene rings is 1. The number of likely N-dealkylation sites (N-methyl/N-ethyl adjacent to an activating group) is 1. The van der Waals surface area contributed by atoms with E-state index in [9.17, 15) is 18.0 Å². The molecular formula is C16H19F3N2O. The van der Waals surface area contributed by atoms with Crippen LogP contribution < -0.4 is 0 Å². The molecule has 0 N–H and O–H groups in total. The second kappa shape index (κ2) is 6.96. The average Bonchev–Trinajstić information content (AvgIpc) is 2.52. The summed E-state index contributed by atoms with van der Waals surface area (Å²) in [5, 5.41) is 0. The number of carbonyl (C=O) groups excluding carboxylic acids is 1. The molecule has 1 aromatic carbocycles. The van der Waals surface area contributed by atoms with Crippen LogP contribution in [0.1, 0.15) is 18.1 Å². The molecule has 1 aromatic rings. The number of alkyl halides is 3. The highest BCUT2D eigenvalue weighted by atomic mass is 19.4. The van der Waals surface area contributed by atoms with Gasteiger partial charge in [0.1, 0.15) is 0 Å². The first-order valence-corrected chi connectivity index (χ1v) is 7.26. The van der Waals surface area contributed by atoms with Crippen molar-refractivity contribution in [2.45, 2.75) is 13.1 Å². The minimum atomic E-state index is -4.37. The van der Waals surface area contributed by atoms with E-state index in [1.54, 1.807) is 11.0 Å². The topological polar surface area (TPSA) is 23.6 Å². The van der Waals surface area contributed by atoms with Crippen LogP contribution in [0, 0.1) is 0 Å². The molecule has 1 heterocycles. The Hall–Kier alpha value is -1.82. The molecule has 0 saturated carbocycles. The van der Waals surface area contributed by atoms with Crippen LogP contribution in [-0.2, 0) is 11.0 Å². The summed E-state index contributed by atoms with van der Waals surface area (Å²) in [7, 11) is 0. The molecule has 120 valence electrons. The molecule has 1 aliphatic rings. The summed E-state index contributed by atoms with van der Waals surface area (Å²) in [5.41, 5.74) is -0.339. The Morgan fingerprint density at radius 1 is 1.23 bits per heavy atom. The quantitative estimate of drug-likeness (QED) is 0.801. The highest BCUT2D eigenvalue weighted by Crippen LogP contribution is 2.29. The van der Waals surface area contributed by atoms with Crippen LogP contribution in [0.3, 0.4) is 0 Å². The van der Waals surface area contributed by atoms with Crippen LogP contribution in [-0.4, -0.2) is 48.4 Å². The lowest BCUT2D eigenvalue weighted by molar-refractivity contribution is -0.137. The largest absolute Gasteiger partial charge is 0.416 e. The first kappa shape index (κ1) is 16.5. The van der Waals surface area contributed by atoms with Gasteiger partial charge in [-0.25, -0.2) is 0 Å². The summed E-state index contributed by atoms with van der Waals surface area (Å²) in [6.45, 7) is 6.01. The molecule has 1 fully saturated rings. The maximum absolute atomic E-state index is 12.6. The van der Waals surface area contributed by atoms with Crippen molar-refractivity contribution in [3.63, 3.8) is 0 Å². The zero-order valence-corrected chi connectivity index (χ0v) is 12.4. The van der Waals surface area contributed by atoms with Gasteiger partial charge in [0.15, 0.2) is 0 Å². The summed E-state index contributed by atoms with van der Waals surface area (Å²) >= 11 is 0. The van der Waals surface area contributed by atoms with Crippen LogP contribution in [0.5, 0.6) is 0 Å². The molecule has 0 radical (unpaired) electrons. The van der Waals surface area contributed by atoms with Gasteiger partial charge in [0.25, 0.3) is 0 Å². The van der Waals surface area contributed by atoms with Crippen molar-refractivity contribution in [1.29, 1.82) is 0 Å². The predicted molar refractivity (Wildman–Crippen MR) is 79.2 cm³/mol. The van der Waals surface area contributed by atoms with Gasteiger partial charge in [-0.3, -0.25) is 4.79 Å². The molecule has 0 aromatic heterocycles. The number of nitrogens with zero attached hydrogens (tertiary/aromatic N) is 2. The second-order valence-electron chi connectivity index (χ2n) is 5.22. The van der Waals surface area contributed by atoms with Gasteiger partial charge in [-0.05, 0) is 30.3 Å². The van der Waals surface area contributed by atoms with E-state index in [2.05, 4.69) is 11.8 Å². The Morgan fingerprint density at radius 2 is 1.91 bits per heavy atom. The van der Waals surface area contributed by atoms with Gasteiger partial charge >= 0.3 is 6.18 Å². The molecule has 1 aliphatic heterocycles. The summed E-state index contributed by atoms with van der Waals surface area (Å²) in [6, 6.07) is 4.95. The highest BCUT2D eigenvalue weighted by molar-refractivity contribution is 5.91. The number of hydrogen-bond acceptors (Lipinski definition) is 2. The van der Waals surface area contributed by atoms with E-state index >= 15 is 0 Å². The Bertz CT molecular complexity index is 547. The number of amides is 1. The van der Waals surface area contributed by atoms with Crippen LogP contribution >= 0.6 is 0 Å². The number of halogens is 3. The standard InChI is InChI=1S/C16H19F3N2O/c1-2-20-8-10-21(11-9-20)15(22)7-6-13-4-3-5-14(12-13)16(17,18)19/h3-7,12H,2,8-11H2,1H3/b7-6+. The van der Waals surface area contributed by atoms with Crippen LogP contribution in [0.2, 0.25) is 0 Å². The van der Waals surface area contributed by atoms with E-state index in [0.717, 1.165) is 31.8 Å². The summed E-state index contributed by atoms with van der Waals surface area (Å²) < 4.78 is 37.9. The fourth-order valence-corrected chi connectivity index (χ4v) is 2.38. The minimum absolute atomic E-state index is 0.159. The molecule has 1 saturated heterocycles. The molecule has 0 atom stereocenters. The van der Waals surface area contributed by atoms with Gasteiger partial charge in [-0.2, -0.15) is 13.2 Å². The Balaban J connectivity index is 1.98. The lowest BCUT2D eigenvalue weighted by atomic mass is 10.1. The summed E-state index contributed by atoms with van der Waals surface area (Å²) in [6.07, 6.45) is -1.59. The summed E-state index contributed by atoms with van der Waals surface area (Å²) in [5.74, 6) is -0.159. The Kier molecular flexibility index (Phi) is 5.24. The fourth-order valence-electron chi connectivity index (χ4n) is 2.38.